The van der Waals surface area contributed by atoms with Gasteiger partial charge in [0.2, 0.25) is 5.88 Å². The molecule has 2 fully saturated rings. The van der Waals surface area contributed by atoms with Gasteiger partial charge >= 0.3 is 5.97 Å². The van der Waals surface area contributed by atoms with Gasteiger partial charge in [0.1, 0.15) is 23.7 Å². The zero-order valence-electron chi connectivity index (χ0n) is 21.1. The van der Waals surface area contributed by atoms with Gasteiger partial charge in [-0.2, -0.15) is 0 Å². The molecule has 0 saturated heterocycles. The maximum atomic E-state index is 11.9. The van der Waals surface area contributed by atoms with Gasteiger partial charge in [-0.05, 0) is 61.4 Å². The molecule has 39 heavy (non-hydrogen) atoms. The quantitative estimate of drug-likeness (QED) is 0.243. The van der Waals surface area contributed by atoms with Crippen LogP contribution in [0.4, 0.5) is 0 Å². The first-order valence-corrected chi connectivity index (χ1v) is 13.4. The number of ether oxygens (including phenoxy) is 2. The number of carbonyl (C=O) groups is 1. The van der Waals surface area contributed by atoms with Crippen LogP contribution in [0.1, 0.15) is 70.5 Å². The van der Waals surface area contributed by atoms with Gasteiger partial charge < -0.3 is 19.1 Å². The lowest BCUT2D eigenvalue weighted by Crippen LogP contribution is -2.40. The second-order valence-electron chi connectivity index (χ2n) is 10.0. The molecule has 0 atom stereocenters. The Morgan fingerprint density at radius 2 is 1.82 bits per heavy atom. The maximum absolute atomic E-state index is 11.9. The zero-order valence-corrected chi connectivity index (χ0v) is 22.6. The number of methoxy groups -OCH3 is 1. The normalized spacial score (nSPS) is 20.4. The highest BCUT2D eigenvalue weighted by Crippen LogP contribution is 2.50. The average molecular weight is 566 g/mol. The fourth-order valence-electron chi connectivity index (χ4n) is 5.06. The number of halogens is 2. The summed E-state index contributed by atoms with van der Waals surface area (Å²) in [5.74, 6) is 1.10. The minimum absolute atomic E-state index is 0.0989. The van der Waals surface area contributed by atoms with Crippen LogP contribution in [0.25, 0.3) is 11.3 Å². The van der Waals surface area contributed by atoms with Crippen LogP contribution in [-0.2, 0) is 16.9 Å². The van der Waals surface area contributed by atoms with Crippen LogP contribution in [0.3, 0.4) is 0 Å². The smallest absolute Gasteiger partial charge is 0.337 e. The van der Waals surface area contributed by atoms with Crippen LogP contribution < -0.4 is 4.74 Å². The van der Waals surface area contributed by atoms with E-state index in [-0.39, 0.29) is 18.5 Å². The summed E-state index contributed by atoms with van der Waals surface area (Å²) < 4.78 is 16.5. The van der Waals surface area contributed by atoms with E-state index >= 15 is 0 Å². The zero-order chi connectivity index (χ0) is 27.1. The van der Waals surface area contributed by atoms with Gasteiger partial charge in [0.25, 0.3) is 0 Å². The molecule has 4 aromatic rings. The van der Waals surface area contributed by atoms with E-state index in [0.29, 0.717) is 57.2 Å². The number of rotatable bonds is 8. The van der Waals surface area contributed by atoms with Crippen LogP contribution >= 0.6 is 23.2 Å². The van der Waals surface area contributed by atoms with Crippen molar-refractivity contribution >= 4 is 29.2 Å². The van der Waals surface area contributed by atoms with Gasteiger partial charge in [-0.25, -0.2) is 9.78 Å². The molecule has 2 heterocycles. The van der Waals surface area contributed by atoms with Crippen molar-refractivity contribution in [3.63, 3.8) is 0 Å². The second-order valence-corrected chi connectivity index (χ2v) is 10.8. The third-order valence-corrected chi connectivity index (χ3v) is 8.01. The lowest BCUT2D eigenvalue weighted by atomic mass is 9.66. The molecule has 0 aliphatic heterocycles. The summed E-state index contributed by atoms with van der Waals surface area (Å²) >= 11 is 12.9. The number of aliphatic hydroxyl groups is 1. The molecule has 0 amide bonds. The third kappa shape index (κ3) is 5.00. The van der Waals surface area contributed by atoms with Crippen molar-refractivity contribution < 1.29 is 23.9 Å². The number of esters is 1. The van der Waals surface area contributed by atoms with Crippen molar-refractivity contribution in [2.45, 2.75) is 49.7 Å². The number of benzene rings is 2. The Labute approximate surface area is 234 Å². The number of nitrogens with zero attached hydrogens (tertiary/aromatic N) is 3. The number of hydrogen-bond acceptors (Lipinski definition) is 8. The Kier molecular flexibility index (Phi) is 6.79. The third-order valence-electron chi connectivity index (χ3n) is 7.38. The van der Waals surface area contributed by atoms with E-state index < -0.39 is 5.60 Å². The molecule has 2 aliphatic carbocycles. The summed E-state index contributed by atoms with van der Waals surface area (Å²) in [4.78, 5) is 20.7. The molecule has 8 nitrogen and oxygen atoms in total. The number of aromatic nitrogens is 3. The fraction of sp³-hybridized carbons (Fsp3) is 0.310. The van der Waals surface area contributed by atoms with Gasteiger partial charge in [0.05, 0.1) is 46.4 Å². The minimum atomic E-state index is -1.10. The summed E-state index contributed by atoms with van der Waals surface area (Å²) in [7, 11) is 1.36. The van der Waals surface area contributed by atoms with E-state index in [0.717, 1.165) is 29.7 Å². The summed E-state index contributed by atoms with van der Waals surface area (Å²) in [6.07, 6.45) is 6.04. The SMILES string of the molecule is COC(=O)c1cccc(C2CC(O)(c3cnc(OCc4c(-c5c(Cl)cccc5Cl)noc4C4CC4)cn3)C2)c1. The maximum Gasteiger partial charge on any atom is 0.337 e. The highest BCUT2D eigenvalue weighted by Gasteiger charge is 2.46. The standard InChI is InChI=1S/C29H25Cl2N3O5/c1-37-28(35)18-5-2-4-17(10-18)19-11-29(36,12-19)23-13-33-24(14-32-23)38-15-20-26(34-39-27(20)16-8-9-16)25-21(30)6-3-7-22(25)31/h2-7,10,13-14,16,19,36H,8-9,11-12,15H2,1H3. The molecule has 2 aromatic carbocycles. The Morgan fingerprint density at radius 1 is 1.08 bits per heavy atom. The van der Waals surface area contributed by atoms with Crippen LogP contribution in [0.5, 0.6) is 5.88 Å². The first-order chi connectivity index (χ1) is 18.9. The summed E-state index contributed by atoms with van der Waals surface area (Å²) in [5.41, 5.74) is 2.79. The molecular formula is C29H25Cl2N3O5. The first kappa shape index (κ1) is 25.8. The van der Waals surface area contributed by atoms with E-state index in [4.69, 9.17) is 37.2 Å². The van der Waals surface area contributed by atoms with Crippen LogP contribution in [0, 0.1) is 0 Å². The van der Waals surface area contributed by atoms with Crippen molar-refractivity contribution in [3.8, 4) is 17.1 Å². The van der Waals surface area contributed by atoms with Crippen molar-refractivity contribution in [3.05, 3.63) is 93.0 Å². The van der Waals surface area contributed by atoms with Gasteiger partial charge in [-0.15, -0.1) is 0 Å². The van der Waals surface area contributed by atoms with Gasteiger partial charge in [0.15, 0.2) is 0 Å². The Bertz CT molecular complexity index is 1510. The van der Waals surface area contributed by atoms with E-state index in [1.807, 2.05) is 18.2 Å². The first-order valence-electron chi connectivity index (χ1n) is 12.6. The molecule has 1 N–H and O–H groups in total. The molecule has 10 heteroatoms. The molecular weight excluding hydrogens is 541 g/mol. The molecule has 2 aliphatic rings. The lowest BCUT2D eigenvalue weighted by molar-refractivity contribution is -0.0590. The van der Waals surface area contributed by atoms with Crippen molar-refractivity contribution in [2.75, 3.05) is 7.11 Å². The lowest BCUT2D eigenvalue weighted by Gasteiger charge is -2.43. The second kappa shape index (κ2) is 10.3. The van der Waals surface area contributed by atoms with E-state index in [1.165, 1.54) is 19.5 Å². The summed E-state index contributed by atoms with van der Waals surface area (Å²) in [6, 6.07) is 12.6. The van der Waals surface area contributed by atoms with E-state index in [1.54, 1.807) is 24.3 Å². The highest BCUT2D eigenvalue weighted by atomic mass is 35.5. The predicted octanol–water partition coefficient (Wildman–Crippen LogP) is 6.45. The predicted molar refractivity (Wildman–Crippen MR) is 144 cm³/mol. The molecule has 0 bridgehead atoms. The van der Waals surface area contributed by atoms with E-state index in [9.17, 15) is 9.90 Å². The summed E-state index contributed by atoms with van der Waals surface area (Å²) in [5, 5.41) is 16.4. The van der Waals surface area contributed by atoms with Crippen molar-refractivity contribution in [1.82, 2.24) is 15.1 Å². The van der Waals surface area contributed by atoms with Crippen LogP contribution in [-0.4, -0.2) is 33.3 Å². The molecule has 2 aromatic heterocycles. The number of carbonyl (C=O) groups excluding carboxylic acids is 1. The molecule has 200 valence electrons. The molecule has 0 spiro atoms. The summed E-state index contributed by atoms with van der Waals surface area (Å²) in [6.45, 7) is 0.156. The Hall–Kier alpha value is -3.46. The van der Waals surface area contributed by atoms with Gasteiger partial charge in [-0.3, -0.25) is 4.98 Å². The van der Waals surface area contributed by atoms with Crippen LogP contribution in [0.2, 0.25) is 10.0 Å². The van der Waals surface area contributed by atoms with Gasteiger partial charge in [-0.1, -0.05) is 46.6 Å². The highest BCUT2D eigenvalue weighted by molar-refractivity contribution is 6.39. The van der Waals surface area contributed by atoms with E-state index in [2.05, 4.69) is 15.1 Å². The Morgan fingerprint density at radius 3 is 2.49 bits per heavy atom. The molecule has 0 radical (unpaired) electrons. The van der Waals surface area contributed by atoms with Crippen molar-refractivity contribution in [1.29, 1.82) is 0 Å². The molecule has 6 rings (SSSR count). The monoisotopic (exact) mass is 565 g/mol. The fourth-order valence-corrected chi connectivity index (χ4v) is 5.64. The molecule has 2 saturated carbocycles. The Balaban J connectivity index is 1.15. The largest absolute Gasteiger partial charge is 0.471 e. The van der Waals surface area contributed by atoms with Gasteiger partial charge in [0, 0.05) is 11.5 Å². The van der Waals surface area contributed by atoms with Crippen molar-refractivity contribution in [2.24, 2.45) is 0 Å². The van der Waals surface area contributed by atoms with Crippen LogP contribution in [0.15, 0.2) is 59.4 Å². The minimum Gasteiger partial charge on any atom is -0.471 e. The molecule has 0 unspecified atom stereocenters. The average Bonchev–Trinajstić information content (AvgIpc) is 3.70. The number of hydrogen-bond donors (Lipinski definition) is 1. The topological polar surface area (TPSA) is 108 Å².